The quantitative estimate of drug-likeness (QED) is 0.354. The molecule has 4 rings (SSSR count). The van der Waals surface area contributed by atoms with Gasteiger partial charge in [-0.15, -0.1) is 0 Å². The average Bonchev–Trinajstić information content (AvgIpc) is 3.50. The van der Waals surface area contributed by atoms with E-state index >= 15 is 0 Å². The third-order valence-corrected chi connectivity index (χ3v) is 6.58. The third kappa shape index (κ3) is 5.34. The molecule has 0 spiro atoms. The Labute approximate surface area is 197 Å². The number of aryl methyl sites for hydroxylation is 1. The van der Waals surface area contributed by atoms with Gasteiger partial charge < -0.3 is 19.1 Å². The van der Waals surface area contributed by atoms with E-state index in [4.69, 9.17) is 8.83 Å². The summed E-state index contributed by atoms with van der Waals surface area (Å²) in [6.45, 7) is 3.90. The van der Waals surface area contributed by atoms with Gasteiger partial charge in [0.2, 0.25) is 15.0 Å². The SMILES string of the molecule is CCS(=O)(=O)c1ncc(N(Cc2ccco2)Cc2ccc(C)o2)c(C(=O)Nc2ccccc2)n1. The lowest BCUT2D eigenvalue weighted by Gasteiger charge is -2.24. The number of para-hydroxylation sites is 1. The molecule has 3 aromatic heterocycles. The third-order valence-electron chi connectivity index (χ3n) is 5.06. The topological polar surface area (TPSA) is 119 Å². The number of hydrogen-bond donors (Lipinski definition) is 1. The fourth-order valence-corrected chi connectivity index (χ4v) is 4.03. The minimum atomic E-state index is -3.73. The summed E-state index contributed by atoms with van der Waals surface area (Å²) < 4.78 is 36.2. The summed E-state index contributed by atoms with van der Waals surface area (Å²) in [5.41, 5.74) is 0.825. The maximum atomic E-state index is 13.3. The van der Waals surface area contributed by atoms with E-state index in [1.807, 2.05) is 25.1 Å². The Balaban J connectivity index is 1.79. The summed E-state index contributed by atoms with van der Waals surface area (Å²) in [5.74, 6) is 1.30. The van der Waals surface area contributed by atoms with E-state index < -0.39 is 20.9 Å². The molecule has 0 radical (unpaired) electrons. The van der Waals surface area contributed by atoms with E-state index in [2.05, 4.69) is 15.3 Å². The van der Waals surface area contributed by atoms with Crippen LogP contribution >= 0.6 is 0 Å². The predicted molar refractivity (Wildman–Crippen MR) is 126 cm³/mol. The van der Waals surface area contributed by atoms with Gasteiger partial charge in [0.25, 0.3) is 5.91 Å². The number of carbonyl (C=O) groups is 1. The van der Waals surface area contributed by atoms with Crippen LogP contribution in [0.2, 0.25) is 0 Å². The maximum Gasteiger partial charge on any atom is 0.276 e. The molecule has 0 unspecified atom stereocenters. The number of amides is 1. The number of sulfone groups is 1. The fourth-order valence-electron chi connectivity index (χ4n) is 3.32. The largest absolute Gasteiger partial charge is 0.467 e. The zero-order chi connectivity index (χ0) is 24.1. The van der Waals surface area contributed by atoms with Crippen molar-refractivity contribution in [1.29, 1.82) is 0 Å². The molecule has 176 valence electrons. The van der Waals surface area contributed by atoms with Crippen LogP contribution < -0.4 is 10.2 Å². The number of furan rings is 2. The highest BCUT2D eigenvalue weighted by atomic mass is 32.2. The minimum absolute atomic E-state index is 0.0688. The first-order chi connectivity index (χ1) is 16.4. The van der Waals surface area contributed by atoms with Crippen molar-refractivity contribution < 1.29 is 22.0 Å². The molecule has 3 heterocycles. The van der Waals surface area contributed by atoms with Gasteiger partial charge in [-0.3, -0.25) is 4.79 Å². The van der Waals surface area contributed by atoms with Crippen LogP contribution in [0.4, 0.5) is 11.4 Å². The number of carbonyl (C=O) groups excluding carboxylic acids is 1. The minimum Gasteiger partial charge on any atom is -0.467 e. The van der Waals surface area contributed by atoms with Gasteiger partial charge in [-0.2, -0.15) is 0 Å². The Kier molecular flexibility index (Phi) is 6.78. The first-order valence-corrected chi connectivity index (χ1v) is 12.3. The number of hydrogen-bond acceptors (Lipinski definition) is 8. The summed E-state index contributed by atoms with van der Waals surface area (Å²) in [4.78, 5) is 23.4. The second-order valence-corrected chi connectivity index (χ2v) is 9.73. The summed E-state index contributed by atoms with van der Waals surface area (Å²) in [6, 6.07) is 16.1. The lowest BCUT2D eigenvalue weighted by atomic mass is 10.2. The molecule has 0 aliphatic rings. The van der Waals surface area contributed by atoms with Gasteiger partial charge in [-0.25, -0.2) is 18.4 Å². The van der Waals surface area contributed by atoms with E-state index in [0.29, 0.717) is 22.9 Å². The molecular weight excluding hydrogens is 456 g/mol. The van der Waals surface area contributed by atoms with Crippen molar-refractivity contribution >= 4 is 27.1 Å². The zero-order valence-corrected chi connectivity index (χ0v) is 19.6. The molecule has 34 heavy (non-hydrogen) atoms. The molecule has 0 fully saturated rings. The van der Waals surface area contributed by atoms with Crippen LogP contribution in [-0.2, 0) is 22.9 Å². The van der Waals surface area contributed by atoms with Crippen molar-refractivity contribution in [3.05, 3.63) is 90.0 Å². The second kappa shape index (κ2) is 9.92. The molecular formula is C24H24N4O5S. The Morgan fingerprint density at radius 3 is 2.44 bits per heavy atom. The first-order valence-electron chi connectivity index (χ1n) is 10.6. The van der Waals surface area contributed by atoms with Gasteiger partial charge in [-0.1, -0.05) is 25.1 Å². The molecule has 10 heteroatoms. The van der Waals surface area contributed by atoms with Crippen LogP contribution in [0.3, 0.4) is 0 Å². The fraction of sp³-hybridized carbons (Fsp3) is 0.208. The smallest absolute Gasteiger partial charge is 0.276 e. The van der Waals surface area contributed by atoms with Crippen LogP contribution in [0, 0.1) is 6.92 Å². The van der Waals surface area contributed by atoms with Crippen molar-refractivity contribution in [2.75, 3.05) is 16.0 Å². The number of benzene rings is 1. The van der Waals surface area contributed by atoms with Crippen LogP contribution in [0.25, 0.3) is 0 Å². The number of aromatic nitrogens is 2. The predicted octanol–water partition coefficient (Wildman–Crippen LogP) is 4.22. The van der Waals surface area contributed by atoms with Gasteiger partial charge in [0.15, 0.2) is 5.69 Å². The highest BCUT2D eigenvalue weighted by molar-refractivity contribution is 7.91. The molecule has 1 N–H and O–H groups in total. The van der Waals surface area contributed by atoms with Gasteiger partial charge in [0.1, 0.15) is 17.3 Å². The first kappa shape index (κ1) is 23.2. The van der Waals surface area contributed by atoms with Gasteiger partial charge in [0, 0.05) is 5.69 Å². The van der Waals surface area contributed by atoms with Crippen LogP contribution in [0.1, 0.15) is 34.7 Å². The highest BCUT2D eigenvalue weighted by Gasteiger charge is 2.25. The molecule has 1 amide bonds. The summed E-state index contributed by atoms with van der Waals surface area (Å²) in [5, 5.41) is 2.38. The molecule has 9 nitrogen and oxygen atoms in total. The molecule has 0 bridgehead atoms. The van der Waals surface area contributed by atoms with E-state index in [0.717, 1.165) is 5.76 Å². The molecule has 4 aromatic rings. The molecule has 0 aliphatic heterocycles. The maximum absolute atomic E-state index is 13.3. The van der Waals surface area contributed by atoms with E-state index in [9.17, 15) is 13.2 Å². The number of nitrogens with one attached hydrogen (secondary N) is 1. The number of nitrogens with zero attached hydrogens (tertiary/aromatic N) is 3. The Morgan fingerprint density at radius 2 is 1.79 bits per heavy atom. The van der Waals surface area contributed by atoms with Crippen molar-refractivity contribution in [3.63, 3.8) is 0 Å². The standard InChI is InChI=1S/C24H24N4O5S/c1-3-34(30,31)24-25-14-21(22(27-24)23(29)26-18-8-5-4-6-9-18)28(15-19-10-7-13-32-19)16-20-12-11-17(2)33-20/h4-14H,3,15-16H2,1-2H3,(H,26,29). The lowest BCUT2D eigenvalue weighted by molar-refractivity contribution is 0.102. The van der Waals surface area contributed by atoms with Gasteiger partial charge >= 0.3 is 0 Å². The molecule has 0 atom stereocenters. The second-order valence-electron chi connectivity index (χ2n) is 7.56. The average molecular weight is 481 g/mol. The van der Waals surface area contributed by atoms with Crippen LogP contribution in [-0.4, -0.2) is 30.0 Å². The van der Waals surface area contributed by atoms with Crippen LogP contribution in [0.5, 0.6) is 0 Å². The molecule has 1 aromatic carbocycles. The lowest BCUT2D eigenvalue weighted by Crippen LogP contribution is -2.27. The molecule has 0 saturated heterocycles. The van der Waals surface area contributed by atoms with Crippen molar-refractivity contribution in [2.24, 2.45) is 0 Å². The van der Waals surface area contributed by atoms with Crippen molar-refractivity contribution in [2.45, 2.75) is 32.1 Å². The van der Waals surface area contributed by atoms with Crippen LogP contribution in [0.15, 0.2) is 81.0 Å². The zero-order valence-electron chi connectivity index (χ0n) is 18.8. The van der Waals surface area contributed by atoms with Crippen molar-refractivity contribution in [1.82, 2.24) is 9.97 Å². The summed E-state index contributed by atoms with van der Waals surface area (Å²) in [6.07, 6.45) is 2.91. The number of anilines is 2. The number of rotatable bonds is 9. The van der Waals surface area contributed by atoms with E-state index in [1.165, 1.54) is 13.1 Å². The normalized spacial score (nSPS) is 11.4. The van der Waals surface area contributed by atoms with E-state index in [-0.39, 0.29) is 24.5 Å². The monoisotopic (exact) mass is 480 g/mol. The summed E-state index contributed by atoms with van der Waals surface area (Å²) >= 11 is 0. The Morgan fingerprint density at radius 1 is 1.03 bits per heavy atom. The van der Waals surface area contributed by atoms with Crippen molar-refractivity contribution in [3.8, 4) is 0 Å². The highest BCUT2D eigenvalue weighted by Crippen LogP contribution is 2.26. The summed E-state index contributed by atoms with van der Waals surface area (Å²) in [7, 11) is -3.73. The van der Waals surface area contributed by atoms with Gasteiger partial charge in [-0.05, 0) is 43.3 Å². The molecule has 0 saturated carbocycles. The van der Waals surface area contributed by atoms with Gasteiger partial charge in [0.05, 0.1) is 37.0 Å². The van der Waals surface area contributed by atoms with E-state index in [1.54, 1.807) is 47.6 Å². The Hall–Kier alpha value is -3.92. The molecule has 0 aliphatic carbocycles. The Bertz CT molecular complexity index is 1370.